The van der Waals surface area contributed by atoms with E-state index in [4.69, 9.17) is 9.15 Å². The van der Waals surface area contributed by atoms with Crippen molar-refractivity contribution in [1.29, 1.82) is 0 Å². The molecule has 0 amide bonds. The highest BCUT2D eigenvalue weighted by Crippen LogP contribution is 2.27. The van der Waals surface area contributed by atoms with Gasteiger partial charge in [0, 0.05) is 22.4 Å². The molecule has 3 heteroatoms. The van der Waals surface area contributed by atoms with Crippen LogP contribution in [0.2, 0.25) is 0 Å². The fourth-order valence-corrected chi connectivity index (χ4v) is 2.93. The first kappa shape index (κ1) is 14.5. The normalized spacial score (nSPS) is 11.0. The third kappa shape index (κ3) is 2.65. The van der Waals surface area contributed by atoms with Gasteiger partial charge in [-0.25, -0.2) is 4.79 Å². The van der Waals surface area contributed by atoms with Gasteiger partial charge in [0.25, 0.3) is 0 Å². The summed E-state index contributed by atoms with van der Waals surface area (Å²) in [7, 11) is 0. The summed E-state index contributed by atoms with van der Waals surface area (Å²) in [6, 6.07) is 21.4. The predicted octanol–water partition coefficient (Wildman–Crippen LogP) is 4.83. The molecule has 0 unspecified atom stereocenters. The number of benzene rings is 3. The van der Waals surface area contributed by atoms with E-state index in [2.05, 4.69) is 12.1 Å². The minimum Gasteiger partial charge on any atom is -0.488 e. The molecule has 0 atom stereocenters. The van der Waals surface area contributed by atoms with Crippen molar-refractivity contribution >= 4 is 21.7 Å². The van der Waals surface area contributed by atoms with Crippen LogP contribution in [0.25, 0.3) is 21.7 Å². The lowest BCUT2D eigenvalue weighted by Crippen LogP contribution is -2.04. The van der Waals surface area contributed by atoms with E-state index in [1.165, 1.54) is 6.07 Å². The molecule has 0 aliphatic carbocycles. The van der Waals surface area contributed by atoms with Crippen molar-refractivity contribution in [3.05, 3.63) is 88.3 Å². The molecule has 0 fully saturated rings. The fraction of sp³-hybridized carbons (Fsp3) is 0.0952. The lowest BCUT2D eigenvalue weighted by Gasteiger charge is -2.11. The second kappa shape index (κ2) is 5.85. The Bertz CT molecular complexity index is 1090. The predicted molar refractivity (Wildman–Crippen MR) is 95.5 cm³/mol. The smallest absolute Gasteiger partial charge is 0.336 e. The third-order valence-electron chi connectivity index (χ3n) is 4.12. The second-order valence-corrected chi connectivity index (χ2v) is 5.86. The fourth-order valence-electron chi connectivity index (χ4n) is 2.93. The molecule has 4 aromatic rings. The van der Waals surface area contributed by atoms with Crippen LogP contribution >= 0.6 is 0 Å². The van der Waals surface area contributed by atoms with Gasteiger partial charge >= 0.3 is 5.63 Å². The topological polar surface area (TPSA) is 39.4 Å². The zero-order valence-electron chi connectivity index (χ0n) is 13.3. The summed E-state index contributed by atoms with van der Waals surface area (Å²) in [5.74, 6) is 0.807. The van der Waals surface area contributed by atoms with Crippen LogP contribution in [-0.4, -0.2) is 0 Å². The third-order valence-corrected chi connectivity index (χ3v) is 4.12. The number of ether oxygens (including phenoxy) is 1. The number of hydrogen-bond acceptors (Lipinski definition) is 3. The maximum Gasteiger partial charge on any atom is 0.336 e. The highest BCUT2D eigenvalue weighted by atomic mass is 16.5. The molecule has 0 N–H and O–H groups in total. The maximum atomic E-state index is 11.8. The van der Waals surface area contributed by atoms with E-state index >= 15 is 0 Å². The first-order valence-corrected chi connectivity index (χ1v) is 7.85. The molecule has 0 bridgehead atoms. The molecule has 24 heavy (non-hydrogen) atoms. The van der Waals surface area contributed by atoms with Crippen LogP contribution in [-0.2, 0) is 6.61 Å². The summed E-state index contributed by atoms with van der Waals surface area (Å²) in [5, 5.41) is 3.09. The first-order valence-electron chi connectivity index (χ1n) is 7.85. The Morgan fingerprint density at radius 3 is 2.67 bits per heavy atom. The average Bonchev–Trinajstić information content (AvgIpc) is 2.59. The Morgan fingerprint density at radius 1 is 0.917 bits per heavy atom. The van der Waals surface area contributed by atoms with E-state index in [9.17, 15) is 4.79 Å². The lowest BCUT2D eigenvalue weighted by molar-refractivity contribution is 0.310. The van der Waals surface area contributed by atoms with Crippen molar-refractivity contribution < 1.29 is 9.15 Å². The maximum absolute atomic E-state index is 11.8. The van der Waals surface area contributed by atoms with Crippen molar-refractivity contribution in [2.45, 2.75) is 13.5 Å². The van der Waals surface area contributed by atoms with Gasteiger partial charge in [-0.05, 0) is 30.0 Å². The molecule has 4 rings (SSSR count). The zero-order chi connectivity index (χ0) is 16.5. The van der Waals surface area contributed by atoms with Gasteiger partial charge in [-0.1, -0.05) is 48.5 Å². The van der Waals surface area contributed by atoms with Gasteiger partial charge in [0.05, 0.1) is 0 Å². The zero-order valence-corrected chi connectivity index (χ0v) is 13.3. The minimum absolute atomic E-state index is 0.319. The van der Waals surface area contributed by atoms with E-state index in [1.807, 2.05) is 55.5 Å². The average molecular weight is 316 g/mol. The quantitative estimate of drug-likeness (QED) is 0.508. The Balaban J connectivity index is 1.73. The first-order chi connectivity index (χ1) is 11.7. The van der Waals surface area contributed by atoms with Crippen molar-refractivity contribution in [2.24, 2.45) is 0 Å². The number of rotatable bonds is 3. The van der Waals surface area contributed by atoms with Crippen LogP contribution in [0.1, 0.15) is 11.1 Å². The highest BCUT2D eigenvalue weighted by molar-refractivity contribution is 5.88. The van der Waals surface area contributed by atoms with Crippen LogP contribution in [0, 0.1) is 6.92 Å². The summed E-state index contributed by atoms with van der Waals surface area (Å²) in [6.07, 6.45) is 0. The Labute approximate surface area is 139 Å². The molecule has 1 aromatic heterocycles. The highest BCUT2D eigenvalue weighted by Gasteiger charge is 2.08. The van der Waals surface area contributed by atoms with Gasteiger partial charge in [-0.3, -0.25) is 0 Å². The van der Waals surface area contributed by atoms with E-state index in [1.54, 1.807) is 0 Å². The van der Waals surface area contributed by atoms with Gasteiger partial charge in [0.15, 0.2) is 0 Å². The molecule has 0 saturated heterocycles. The Morgan fingerprint density at radius 2 is 1.75 bits per heavy atom. The van der Waals surface area contributed by atoms with Gasteiger partial charge in [0.2, 0.25) is 0 Å². The monoisotopic (exact) mass is 316 g/mol. The van der Waals surface area contributed by atoms with Crippen LogP contribution in [0.15, 0.2) is 75.9 Å². The molecular weight excluding hydrogens is 300 g/mol. The second-order valence-electron chi connectivity index (χ2n) is 5.86. The van der Waals surface area contributed by atoms with Crippen LogP contribution in [0.3, 0.4) is 0 Å². The van der Waals surface area contributed by atoms with Gasteiger partial charge in [-0.2, -0.15) is 0 Å². The van der Waals surface area contributed by atoms with Crippen molar-refractivity contribution in [1.82, 2.24) is 0 Å². The Kier molecular flexibility index (Phi) is 3.54. The summed E-state index contributed by atoms with van der Waals surface area (Å²) < 4.78 is 11.3. The molecule has 118 valence electrons. The summed E-state index contributed by atoms with van der Waals surface area (Å²) >= 11 is 0. The van der Waals surface area contributed by atoms with Gasteiger partial charge in [0.1, 0.15) is 17.9 Å². The van der Waals surface area contributed by atoms with E-state index in [0.29, 0.717) is 12.2 Å². The summed E-state index contributed by atoms with van der Waals surface area (Å²) in [4.78, 5) is 11.8. The molecular formula is C21H16O3. The van der Waals surface area contributed by atoms with Crippen LogP contribution in [0.4, 0.5) is 0 Å². The van der Waals surface area contributed by atoms with Crippen LogP contribution < -0.4 is 10.4 Å². The molecule has 3 nitrogen and oxygen atoms in total. The SMILES string of the molecule is Cc1ccc2c(COc3cccc4ccccc34)cc(=O)oc2c1. The largest absolute Gasteiger partial charge is 0.488 e. The van der Waals surface area contributed by atoms with Crippen molar-refractivity contribution in [3.8, 4) is 5.75 Å². The van der Waals surface area contributed by atoms with Gasteiger partial charge in [-0.15, -0.1) is 0 Å². The van der Waals surface area contributed by atoms with Crippen LogP contribution in [0.5, 0.6) is 5.75 Å². The van der Waals surface area contributed by atoms with E-state index < -0.39 is 0 Å². The van der Waals surface area contributed by atoms with E-state index in [0.717, 1.165) is 33.0 Å². The molecule has 0 spiro atoms. The number of hydrogen-bond donors (Lipinski definition) is 0. The lowest BCUT2D eigenvalue weighted by atomic mass is 10.1. The molecule has 0 aliphatic heterocycles. The standard InChI is InChI=1S/C21H16O3/c1-14-9-10-18-16(12-21(22)24-20(18)11-14)13-23-19-8-4-6-15-5-2-3-7-17(15)19/h2-12H,13H2,1H3. The molecule has 0 saturated carbocycles. The number of fused-ring (bicyclic) bond motifs is 2. The minimum atomic E-state index is -0.357. The van der Waals surface area contributed by atoms with Gasteiger partial charge < -0.3 is 9.15 Å². The Hall–Kier alpha value is -3.07. The van der Waals surface area contributed by atoms with E-state index in [-0.39, 0.29) is 5.63 Å². The molecule has 0 aliphatic rings. The summed E-state index contributed by atoms with van der Waals surface area (Å²) in [6.45, 7) is 2.29. The molecule has 3 aromatic carbocycles. The van der Waals surface area contributed by atoms with Crippen molar-refractivity contribution in [2.75, 3.05) is 0 Å². The molecule has 0 radical (unpaired) electrons. The summed E-state index contributed by atoms with van der Waals surface area (Å²) in [5.41, 5.74) is 2.12. The number of aryl methyl sites for hydroxylation is 1. The molecule has 1 heterocycles. The van der Waals surface area contributed by atoms with Crippen molar-refractivity contribution in [3.63, 3.8) is 0 Å².